The first-order chi connectivity index (χ1) is 8.76. The highest BCUT2D eigenvalue weighted by Crippen LogP contribution is 2.36. The third-order valence-corrected chi connectivity index (χ3v) is 4.81. The molecule has 0 saturated heterocycles. The number of aromatic nitrogens is 1. The molecule has 3 nitrogen and oxygen atoms in total. The van der Waals surface area contributed by atoms with Crippen molar-refractivity contribution in [2.75, 3.05) is 25.0 Å². The zero-order valence-corrected chi connectivity index (χ0v) is 12.6. The molecule has 0 saturated carbocycles. The van der Waals surface area contributed by atoms with Crippen LogP contribution in [0.3, 0.4) is 0 Å². The first-order valence-corrected chi connectivity index (χ1v) is 8.02. The summed E-state index contributed by atoms with van der Waals surface area (Å²) >= 11 is 1.90. The van der Waals surface area contributed by atoms with Gasteiger partial charge in [0.25, 0.3) is 0 Å². The maximum Gasteiger partial charge on any atom is 0.185 e. The van der Waals surface area contributed by atoms with E-state index in [-0.39, 0.29) is 0 Å². The average molecular weight is 267 g/mol. The summed E-state index contributed by atoms with van der Waals surface area (Å²) in [6.45, 7) is 6.56. The number of hydrogen-bond donors (Lipinski definition) is 1. The molecule has 1 aromatic rings. The van der Waals surface area contributed by atoms with Gasteiger partial charge in [0.05, 0.1) is 11.7 Å². The highest BCUT2D eigenvalue weighted by atomic mass is 32.1. The van der Waals surface area contributed by atoms with E-state index in [1.807, 2.05) is 11.3 Å². The maximum atomic E-state index is 4.89. The van der Waals surface area contributed by atoms with Gasteiger partial charge in [-0.3, -0.25) is 0 Å². The van der Waals surface area contributed by atoms with Crippen LogP contribution < -0.4 is 10.2 Å². The molecular formula is C14H25N3S. The predicted octanol–water partition coefficient (Wildman–Crippen LogP) is 3.37. The molecule has 0 aromatic carbocycles. The minimum atomic E-state index is 0.489. The Labute approximate surface area is 115 Å². The van der Waals surface area contributed by atoms with E-state index in [1.54, 1.807) is 0 Å². The van der Waals surface area contributed by atoms with Crippen molar-refractivity contribution in [3.63, 3.8) is 0 Å². The third-order valence-electron chi connectivity index (χ3n) is 3.57. The molecule has 0 radical (unpaired) electrons. The van der Waals surface area contributed by atoms with Gasteiger partial charge in [0.2, 0.25) is 0 Å². The Bertz CT molecular complexity index is 375. The smallest absolute Gasteiger partial charge is 0.185 e. The molecule has 1 N–H and O–H groups in total. The van der Waals surface area contributed by atoms with Crippen molar-refractivity contribution in [2.45, 2.75) is 52.0 Å². The number of hydrogen-bond acceptors (Lipinski definition) is 4. The van der Waals surface area contributed by atoms with E-state index in [0.717, 1.165) is 13.1 Å². The number of nitrogens with zero attached hydrogens (tertiary/aromatic N) is 2. The van der Waals surface area contributed by atoms with Crippen LogP contribution in [0.2, 0.25) is 0 Å². The Hall–Kier alpha value is -0.610. The topological polar surface area (TPSA) is 28.2 Å². The summed E-state index contributed by atoms with van der Waals surface area (Å²) in [5.74, 6) is 0. The van der Waals surface area contributed by atoms with E-state index in [1.165, 1.54) is 47.8 Å². The third kappa shape index (κ3) is 3.04. The van der Waals surface area contributed by atoms with Crippen LogP contribution in [-0.4, -0.2) is 25.1 Å². The Morgan fingerprint density at radius 3 is 3.00 bits per heavy atom. The van der Waals surface area contributed by atoms with Gasteiger partial charge in [0, 0.05) is 18.5 Å². The lowest BCUT2D eigenvalue weighted by Crippen LogP contribution is -2.25. The molecule has 0 bridgehead atoms. The molecule has 2 rings (SSSR count). The van der Waals surface area contributed by atoms with Crippen molar-refractivity contribution >= 4 is 16.5 Å². The molecule has 1 aromatic heterocycles. The van der Waals surface area contributed by atoms with E-state index in [9.17, 15) is 0 Å². The maximum absolute atomic E-state index is 4.89. The molecule has 1 unspecified atom stereocenters. The van der Waals surface area contributed by atoms with Crippen LogP contribution >= 0.6 is 11.3 Å². The zero-order valence-electron chi connectivity index (χ0n) is 11.8. The van der Waals surface area contributed by atoms with Crippen LogP contribution in [0.25, 0.3) is 0 Å². The van der Waals surface area contributed by atoms with Crippen LogP contribution in [0.1, 0.15) is 56.1 Å². The van der Waals surface area contributed by atoms with E-state index in [0.29, 0.717) is 6.04 Å². The van der Waals surface area contributed by atoms with Gasteiger partial charge in [0.15, 0.2) is 5.13 Å². The number of aryl methyl sites for hydroxylation is 1. The normalized spacial score (nSPS) is 18.7. The SMILES string of the molecule is CCCCN(C)c1nc2c(s1)CCCC2NCC. The summed E-state index contributed by atoms with van der Waals surface area (Å²) in [4.78, 5) is 8.71. The summed E-state index contributed by atoms with van der Waals surface area (Å²) in [6.07, 6.45) is 6.25. The molecule has 0 spiro atoms. The summed E-state index contributed by atoms with van der Waals surface area (Å²) < 4.78 is 0. The van der Waals surface area contributed by atoms with E-state index in [4.69, 9.17) is 4.98 Å². The highest BCUT2D eigenvalue weighted by molar-refractivity contribution is 7.15. The molecule has 102 valence electrons. The molecule has 18 heavy (non-hydrogen) atoms. The van der Waals surface area contributed by atoms with E-state index >= 15 is 0 Å². The Kier molecular flexibility index (Phi) is 5.01. The Morgan fingerprint density at radius 2 is 2.28 bits per heavy atom. The van der Waals surface area contributed by atoms with Crippen LogP contribution in [0.15, 0.2) is 0 Å². The molecule has 4 heteroatoms. The molecule has 0 fully saturated rings. The van der Waals surface area contributed by atoms with Crippen LogP contribution in [0.4, 0.5) is 5.13 Å². The summed E-state index contributed by atoms with van der Waals surface area (Å²) in [5, 5.41) is 4.77. The monoisotopic (exact) mass is 267 g/mol. The number of rotatable bonds is 6. The van der Waals surface area contributed by atoms with Crippen molar-refractivity contribution in [3.8, 4) is 0 Å². The van der Waals surface area contributed by atoms with Crippen molar-refractivity contribution < 1.29 is 0 Å². The Morgan fingerprint density at radius 1 is 1.44 bits per heavy atom. The van der Waals surface area contributed by atoms with Gasteiger partial charge in [-0.2, -0.15) is 0 Å². The van der Waals surface area contributed by atoms with Crippen molar-refractivity contribution in [1.82, 2.24) is 10.3 Å². The fourth-order valence-electron chi connectivity index (χ4n) is 2.50. The van der Waals surface area contributed by atoms with Gasteiger partial charge in [-0.25, -0.2) is 4.98 Å². The molecule has 1 atom stereocenters. The molecule has 1 aliphatic carbocycles. The minimum Gasteiger partial charge on any atom is -0.351 e. The van der Waals surface area contributed by atoms with Crippen molar-refractivity contribution in [1.29, 1.82) is 0 Å². The van der Waals surface area contributed by atoms with E-state index < -0.39 is 0 Å². The lowest BCUT2D eigenvalue weighted by atomic mass is 9.98. The zero-order chi connectivity index (χ0) is 13.0. The van der Waals surface area contributed by atoms with Gasteiger partial charge in [-0.15, -0.1) is 11.3 Å². The fourth-order valence-corrected chi connectivity index (χ4v) is 3.66. The number of unbranched alkanes of at least 4 members (excludes halogenated alkanes) is 1. The fraction of sp³-hybridized carbons (Fsp3) is 0.786. The van der Waals surface area contributed by atoms with Crippen molar-refractivity contribution in [3.05, 3.63) is 10.6 Å². The number of nitrogens with one attached hydrogen (secondary N) is 1. The van der Waals surface area contributed by atoms with E-state index in [2.05, 4.69) is 31.1 Å². The highest BCUT2D eigenvalue weighted by Gasteiger charge is 2.24. The summed E-state index contributed by atoms with van der Waals surface area (Å²) in [7, 11) is 2.17. The molecule has 1 heterocycles. The lowest BCUT2D eigenvalue weighted by molar-refractivity contribution is 0.465. The minimum absolute atomic E-state index is 0.489. The summed E-state index contributed by atoms with van der Waals surface area (Å²) in [5.41, 5.74) is 1.33. The van der Waals surface area contributed by atoms with Gasteiger partial charge in [-0.1, -0.05) is 20.3 Å². The number of anilines is 1. The second kappa shape index (κ2) is 6.53. The van der Waals surface area contributed by atoms with Gasteiger partial charge < -0.3 is 10.2 Å². The predicted molar refractivity (Wildman–Crippen MR) is 79.6 cm³/mol. The Balaban J connectivity index is 2.11. The average Bonchev–Trinajstić information content (AvgIpc) is 2.81. The second-order valence-electron chi connectivity index (χ2n) is 5.08. The molecular weight excluding hydrogens is 242 g/mol. The van der Waals surface area contributed by atoms with Gasteiger partial charge >= 0.3 is 0 Å². The van der Waals surface area contributed by atoms with Crippen LogP contribution in [0.5, 0.6) is 0 Å². The molecule has 1 aliphatic rings. The number of fused-ring (bicyclic) bond motifs is 1. The second-order valence-corrected chi connectivity index (χ2v) is 6.14. The summed E-state index contributed by atoms with van der Waals surface area (Å²) in [6, 6.07) is 0.489. The van der Waals surface area contributed by atoms with Crippen molar-refractivity contribution in [2.24, 2.45) is 0 Å². The van der Waals surface area contributed by atoms with Crippen LogP contribution in [-0.2, 0) is 6.42 Å². The standard InChI is InChI=1S/C14H25N3S/c1-4-6-10-17(3)14-16-13-11(15-5-2)8-7-9-12(13)18-14/h11,15H,4-10H2,1-3H3. The first-order valence-electron chi connectivity index (χ1n) is 7.20. The van der Waals surface area contributed by atoms with Crippen LogP contribution in [0, 0.1) is 0 Å². The number of thiazole rings is 1. The molecule has 0 aliphatic heterocycles. The van der Waals surface area contributed by atoms with Gasteiger partial charge in [0.1, 0.15) is 0 Å². The lowest BCUT2D eigenvalue weighted by Gasteiger charge is -2.21. The molecule has 0 amide bonds. The quantitative estimate of drug-likeness (QED) is 0.856. The van der Waals surface area contributed by atoms with Gasteiger partial charge in [-0.05, 0) is 32.2 Å². The largest absolute Gasteiger partial charge is 0.351 e. The first kappa shape index (κ1) is 13.8.